The number of phenolic OH excluding ortho intramolecular Hbond substituents is 2. The van der Waals surface area contributed by atoms with E-state index in [9.17, 15) is 23.2 Å². The first-order valence-corrected chi connectivity index (χ1v) is 10.3. The minimum Gasteiger partial charge on any atom is -0.506 e. The van der Waals surface area contributed by atoms with E-state index in [-0.39, 0.29) is 11.8 Å². The summed E-state index contributed by atoms with van der Waals surface area (Å²) >= 11 is 0. The molecule has 6 heteroatoms. The van der Waals surface area contributed by atoms with Crippen molar-refractivity contribution in [3.05, 3.63) is 89.0 Å². The molecule has 3 N–H and O–H groups in total. The minimum atomic E-state index is -4.75. The molecule has 0 heterocycles. The maximum atomic E-state index is 11.5. The van der Waals surface area contributed by atoms with Gasteiger partial charge in [0, 0.05) is 17.4 Å². The lowest BCUT2D eigenvalue weighted by molar-refractivity contribution is 0.406. The molecule has 0 amide bonds. The van der Waals surface area contributed by atoms with E-state index in [0.29, 0.717) is 5.56 Å². The topological polar surface area (TPSA) is 94.8 Å². The van der Waals surface area contributed by atoms with Crippen LogP contribution in [0.2, 0.25) is 0 Å². The molecule has 3 rings (SSSR count). The standard InChI is InChI=1S/C22H22O5S/c1-14(16-6-4-3-5-7-16)17-8-10-18(11-9-17)15(2)19-12-13-20(23)22(21(19)24)28(25,26)27/h3-15,23-24H,1-2H3,(H,25,26,27). The lowest BCUT2D eigenvalue weighted by atomic mass is 9.88. The van der Waals surface area contributed by atoms with Crippen LogP contribution in [0, 0.1) is 0 Å². The summed E-state index contributed by atoms with van der Waals surface area (Å²) in [6.07, 6.45) is 0. The number of benzene rings is 3. The van der Waals surface area contributed by atoms with Crippen LogP contribution in [0.5, 0.6) is 11.5 Å². The van der Waals surface area contributed by atoms with Gasteiger partial charge in [0.1, 0.15) is 11.5 Å². The molecule has 0 fully saturated rings. The summed E-state index contributed by atoms with van der Waals surface area (Å²) < 4.78 is 32.2. The van der Waals surface area contributed by atoms with Crippen LogP contribution in [0.25, 0.3) is 0 Å². The van der Waals surface area contributed by atoms with Crippen LogP contribution in [0.3, 0.4) is 0 Å². The quantitative estimate of drug-likeness (QED) is 0.544. The largest absolute Gasteiger partial charge is 0.506 e. The van der Waals surface area contributed by atoms with Crippen LogP contribution in [0.4, 0.5) is 0 Å². The zero-order chi connectivity index (χ0) is 20.5. The van der Waals surface area contributed by atoms with Gasteiger partial charge in [0.25, 0.3) is 0 Å². The Labute approximate surface area is 164 Å². The molecule has 3 aromatic rings. The van der Waals surface area contributed by atoms with Crippen molar-refractivity contribution in [2.75, 3.05) is 0 Å². The Bertz CT molecular complexity index is 1070. The first-order valence-electron chi connectivity index (χ1n) is 8.87. The highest BCUT2D eigenvalue weighted by atomic mass is 32.2. The van der Waals surface area contributed by atoms with Crippen LogP contribution >= 0.6 is 0 Å². The van der Waals surface area contributed by atoms with Crippen molar-refractivity contribution < 1.29 is 23.2 Å². The van der Waals surface area contributed by atoms with E-state index in [1.54, 1.807) is 0 Å². The molecule has 146 valence electrons. The van der Waals surface area contributed by atoms with Gasteiger partial charge in [0.2, 0.25) is 0 Å². The second-order valence-corrected chi connectivity index (χ2v) is 8.21. The zero-order valence-corrected chi connectivity index (χ0v) is 16.4. The van der Waals surface area contributed by atoms with Gasteiger partial charge in [-0.3, -0.25) is 4.55 Å². The van der Waals surface area contributed by atoms with Gasteiger partial charge in [-0.2, -0.15) is 8.42 Å². The van der Waals surface area contributed by atoms with Crippen LogP contribution in [0.1, 0.15) is 47.9 Å². The Balaban J connectivity index is 1.93. The maximum Gasteiger partial charge on any atom is 0.301 e. The number of rotatable bonds is 5. The van der Waals surface area contributed by atoms with Gasteiger partial charge in [-0.15, -0.1) is 0 Å². The summed E-state index contributed by atoms with van der Waals surface area (Å²) in [6.45, 7) is 3.94. The van der Waals surface area contributed by atoms with Crippen molar-refractivity contribution in [1.82, 2.24) is 0 Å². The molecule has 0 saturated heterocycles. The highest BCUT2D eigenvalue weighted by Gasteiger charge is 2.25. The Morgan fingerprint density at radius 1 is 0.714 bits per heavy atom. The van der Waals surface area contributed by atoms with E-state index in [1.165, 1.54) is 11.6 Å². The summed E-state index contributed by atoms with van der Waals surface area (Å²) in [4.78, 5) is -0.869. The monoisotopic (exact) mass is 398 g/mol. The van der Waals surface area contributed by atoms with Crippen molar-refractivity contribution in [2.45, 2.75) is 30.6 Å². The van der Waals surface area contributed by atoms with E-state index in [0.717, 1.165) is 17.2 Å². The molecule has 28 heavy (non-hydrogen) atoms. The van der Waals surface area contributed by atoms with Crippen molar-refractivity contribution in [1.29, 1.82) is 0 Å². The van der Waals surface area contributed by atoms with Crippen molar-refractivity contribution in [3.63, 3.8) is 0 Å². The van der Waals surface area contributed by atoms with E-state index >= 15 is 0 Å². The van der Waals surface area contributed by atoms with Crippen LogP contribution in [0.15, 0.2) is 71.6 Å². The van der Waals surface area contributed by atoms with Gasteiger partial charge in [-0.05, 0) is 22.8 Å². The van der Waals surface area contributed by atoms with Gasteiger partial charge in [0.05, 0.1) is 0 Å². The van der Waals surface area contributed by atoms with Crippen molar-refractivity contribution >= 4 is 10.1 Å². The molecule has 0 aliphatic rings. The molecule has 0 spiro atoms. The fraction of sp³-hybridized carbons (Fsp3) is 0.182. The molecule has 2 unspecified atom stereocenters. The Morgan fingerprint density at radius 2 is 1.21 bits per heavy atom. The van der Waals surface area contributed by atoms with Crippen molar-refractivity contribution in [3.8, 4) is 11.5 Å². The van der Waals surface area contributed by atoms with Gasteiger partial charge in [-0.25, -0.2) is 0 Å². The van der Waals surface area contributed by atoms with Gasteiger partial charge in [-0.1, -0.05) is 74.5 Å². The highest BCUT2D eigenvalue weighted by Crippen LogP contribution is 2.40. The van der Waals surface area contributed by atoms with E-state index < -0.39 is 26.5 Å². The predicted octanol–water partition coefficient (Wildman–Crippen LogP) is 4.65. The molecule has 5 nitrogen and oxygen atoms in total. The van der Waals surface area contributed by atoms with E-state index in [2.05, 4.69) is 19.1 Å². The normalized spacial score (nSPS) is 13.8. The highest BCUT2D eigenvalue weighted by molar-refractivity contribution is 7.86. The van der Waals surface area contributed by atoms with Crippen LogP contribution in [-0.2, 0) is 10.1 Å². The molecule has 3 aromatic carbocycles. The SMILES string of the molecule is CC(c1ccccc1)c1ccc(C(C)c2ccc(O)c(S(=O)(=O)O)c2O)cc1. The third kappa shape index (κ3) is 3.88. The third-order valence-corrected chi connectivity index (χ3v) is 6.02. The molecule has 0 saturated carbocycles. The summed E-state index contributed by atoms with van der Waals surface area (Å²) in [5.41, 5.74) is 3.51. The average molecular weight is 398 g/mol. The minimum absolute atomic E-state index is 0.221. The Morgan fingerprint density at radius 3 is 1.75 bits per heavy atom. The molecular formula is C22H22O5S. The molecular weight excluding hydrogens is 376 g/mol. The summed E-state index contributed by atoms with van der Waals surface area (Å²) in [5.74, 6) is -1.46. The number of aromatic hydroxyl groups is 2. The smallest absolute Gasteiger partial charge is 0.301 e. The maximum absolute atomic E-state index is 11.5. The Kier molecular flexibility index (Phi) is 5.45. The summed E-state index contributed by atoms with van der Waals surface area (Å²) in [5, 5.41) is 20.0. The summed E-state index contributed by atoms with van der Waals surface area (Å²) in [7, 11) is -4.75. The fourth-order valence-corrected chi connectivity index (χ4v) is 4.06. The third-order valence-electron chi connectivity index (χ3n) is 5.10. The molecule has 0 aromatic heterocycles. The second-order valence-electron chi connectivity index (χ2n) is 6.85. The van der Waals surface area contributed by atoms with Gasteiger partial charge in [0.15, 0.2) is 4.90 Å². The molecule has 0 bridgehead atoms. The lowest BCUT2D eigenvalue weighted by Gasteiger charge is -2.18. The Hall–Kier alpha value is -2.83. The predicted molar refractivity (Wildman–Crippen MR) is 108 cm³/mol. The molecule has 0 aliphatic carbocycles. The molecule has 2 atom stereocenters. The van der Waals surface area contributed by atoms with Crippen molar-refractivity contribution in [2.24, 2.45) is 0 Å². The number of hydrogen-bond donors (Lipinski definition) is 3. The van der Waals surface area contributed by atoms with Gasteiger partial charge < -0.3 is 10.2 Å². The van der Waals surface area contributed by atoms with Gasteiger partial charge >= 0.3 is 10.1 Å². The van der Waals surface area contributed by atoms with Crippen LogP contribution < -0.4 is 0 Å². The van der Waals surface area contributed by atoms with E-state index in [1.807, 2.05) is 49.4 Å². The lowest BCUT2D eigenvalue weighted by Crippen LogP contribution is -2.04. The molecule has 0 radical (unpaired) electrons. The fourth-order valence-electron chi connectivity index (χ4n) is 3.37. The van der Waals surface area contributed by atoms with Crippen LogP contribution in [-0.4, -0.2) is 23.2 Å². The average Bonchev–Trinajstić information content (AvgIpc) is 2.67. The number of hydrogen-bond acceptors (Lipinski definition) is 4. The van der Waals surface area contributed by atoms with E-state index in [4.69, 9.17) is 0 Å². The second kappa shape index (κ2) is 7.66. The first-order chi connectivity index (χ1) is 13.2. The first kappa shape index (κ1) is 19.9. The zero-order valence-electron chi connectivity index (χ0n) is 15.6. The molecule has 0 aliphatic heterocycles. The summed E-state index contributed by atoms with van der Waals surface area (Å²) in [6, 6.07) is 20.6. The number of phenols is 2.